The van der Waals surface area contributed by atoms with Crippen molar-refractivity contribution in [2.24, 2.45) is 0 Å². The van der Waals surface area contributed by atoms with Crippen molar-refractivity contribution in [2.75, 3.05) is 0 Å². The van der Waals surface area contributed by atoms with Crippen molar-refractivity contribution in [3.05, 3.63) is 58.0 Å². The maximum absolute atomic E-state index is 12.4. The number of hydrogen-bond donors (Lipinski definition) is 1. The molecule has 0 fully saturated rings. The highest BCUT2D eigenvalue weighted by molar-refractivity contribution is 6.42. The van der Waals surface area contributed by atoms with E-state index < -0.39 is 0 Å². The SMILES string of the molecule is CC(C)N(Cc1ccc(Cl)c(Cl)c1)C(=O)NCc1ccco1. The van der Waals surface area contributed by atoms with Crippen molar-refractivity contribution in [1.82, 2.24) is 10.2 Å². The monoisotopic (exact) mass is 340 g/mol. The fourth-order valence-corrected chi connectivity index (χ4v) is 2.32. The molecular formula is C16H18Cl2N2O2. The molecule has 1 aromatic heterocycles. The summed E-state index contributed by atoms with van der Waals surface area (Å²) in [6.07, 6.45) is 1.58. The number of urea groups is 1. The highest BCUT2D eigenvalue weighted by Gasteiger charge is 2.17. The molecule has 0 aliphatic carbocycles. The van der Waals surface area contributed by atoms with Gasteiger partial charge in [-0.3, -0.25) is 0 Å². The normalized spacial score (nSPS) is 10.8. The van der Waals surface area contributed by atoms with Crippen LogP contribution in [-0.2, 0) is 13.1 Å². The summed E-state index contributed by atoms with van der Waals surface area (Å²) in [5.74, 6) is 0.714. The summed E-state index contributed by atoms with van der Waals surface area (Å²) in [6, 6.07) is 8.88. The summed E-state index contributed by atoms with van der Waals surface area (Å²) in [5, 5.41) is 3.84. The zero-order valence-electron chi connectivity index (χ0n) is 12.5. The van der Waals surface area contributed by atoms with Gasteiger partial charge in [-0.1, -0.05) is 29.3 Å². The third-order valence-electron chi connectivity index (χ3n) is 3.22. The first-order chi connectivity index (χ1) is 10.5. The Hall–Kier alpha value is -1.65. The van der Waals surface area contributed by atoms with E-state index in [1.807, 2.05) is 26.0 Å². The Morgan fingerprint density at radius 3 is 2.64 bits per heavy atom. The fraction of sp³-hybridized carbons (Fsp3) is 0.312. The molecule has 4 nitrogen and oxygen atoms in total. The zero-order chi connectivity index (χ0) is 16.1. The highest BCUT2D eigenvalue weighted by Crippen LogP contribution is 2.23. The van der Waals surface area contributed by atoms with Gasteiger partial charge in [0.15, 0.2) is 0 Å². The molecule has 118 valence electrons. The summed E-state index contributed by atoms with van der Waals surface area (Å²) in [6.45, 7) is 4.74. The summed E-state index contributed by atoms with van der Waals surface area (Å²) < 4.78 is 5.21. The third kappa shape index (κ3) is 4.42. The van der Waals surface area contributed by atoms with E-state index in [-0.39, 0.29) is 12.1 Å². The second-order valence-electron chi connectivity index (χ2n) is 5.21. The van der Waals surface area contributed by atoms with Crippen LogP contribution in [0.3, 0.4) is 0 Å². The second kappa shape index (κ2) is 7.56. The minimum absolute atomic E-state index is 0.0473. The quantitative estimate of drug-likeness (QED) is 0.856. The maximum atomic E-state index is 12.4. The van der Waals surface area contributed by atoms with E-state index >= 15 is 0 Å². The molecule has 1 heterocycles. The number of halogens is 2. The largest absolute Gasteiger partial charge is 0.467 e. The van der Waals surface area contributed by atoms with Gasteiger partial charge in [-0.25, -0.2) is 4.79 Å². The number of furan rings is 1. The van der Waals surface area contributed by atoms with Gasteiger partial charge in [0.2, 0.25) is 0 Å². The van der Waals surface area contributed by atoms with Gasteiger partial charge in [-0.15, -0.1) is 0 Å². The van der Waals surface area contributed by atoms with E-state index in [0.717, 1.165) is 5.56 Å². The predicted octanol–water partition coefficient (Wildman–Crippen LogP) is 4.71. The van der Waals surface area contributed by atoms with E-state index in [2.05, 4.69) is 5.32 Å². The van der Waals surface area contributed by atoms with Crippen molar-refractivity contribution >= 4 is 29.2 Å². The van der Waals surface area contributed by atoms with Crippen LogP contribution in [0.1, 0.15) is 25.2 Å². The van der Waals surface area contributed by atoms with Gasteiger partial charge in [0.05, 0.1) is 22.9 Å². The van der Waals surface area contributed by atoms with Crippen LogP contribution in [0.15, 0.2) is 41.0 Å². The van der Waals surface area contributed by atoms with E-state index in [1.165, 1.54) is 0 Å². The summed E-state index contributed by atoms with van der Waals surface area (Å²) in [5.41, 5.74) is 0.927. The zero-order valence-corrected chi connectivity index (χ0v) is 14.0. The number of rotatable bonds is 5. The molecule has 0 spiro atoms. The average molecular weight is 341 g/mol. The van der Waals surface area contributed by atoms with Crippen molar-refractivity contribution < 1.29 is 9.21 Å². The second-order valence-corrected chi connectivity index (χ2v) is 6.02. The van der Waals surface area contributed by atoms with Crippen LogP contribution in [-0.4, -0.2) is 17.0 Å². The van der Waals surface area contributed by atoms with Crippen molar-refractivity contribution in [1.29, 1.82) is 0 Å². The Morgan fingerprint density at radius 1 is 1.27 bits per heavy atom. The van der Waals surface area contributed by atoms with Crippen LogP contribution in [0.5, 0.6) is 0 Å². The van der Waals surface area contributed by atoms with Crippen LogP contribution in [0, 0.1) is 0 Å². The van der Waals surface area contributed by atoms with Crippen LogP contribution in [0.25, 0.3) is 0 Å². The van der Waals surface area contributed by atoms with Gasteiger partial charge >= 0.3 is 6.03 Å². The van der Waals surface area contributed by atoms with Gasteiger partial charge in [-0.05, 0) is 43.7 Å². The van der Waals surface area contributed by atoms with E-state index in [1.54, 1.807) is 29.4 Å². The Labute approximate surface area is 140 Å². The van der Waals surface area contributed by atoms with Crippen LogP contribution in [0.4, 0.5) is 4.79 Å². The Balaban J connectivity index is 2.02. The van der Waals surface area contributed by atoms with E-state index in [4.69, 9.17) is 27.6 Å². The Bertz CT molecular complexity index is 627. The molecule has 2 aromatic rings. The van der Waals surface area contributed by atoms with Gasteiger partial charge < -0.3 is 14.6 Å². The number of amides is 2. The number of carbonyl (C=O) groups excluding carboxylic acids is 1. The van der Waals surface area contributed by atoms with Crippen LogP contribution >= 0.6 is 23.2 Å². The molecule has 1 N–H and O–H groups in total. The standard InChI is InChI=1S/C16H18Cl2N2O2/c1-11(2)20(10-12-5-6-14(17)15(18)8-12)16(21)19-9-13-4-3-7-22-13/h3-8,11H,9-10H2,1-2H3,(H,19,21). The van der Waals surface area contributed by atoms with Crippen molar-refractivity contribution in [3.8, 4) is 0 Å². The lowest BCUT2D eigenvalue weighted by Gasteiger charge is -2.27. The molecule has 6 heteroatoms. The molecule has 1 aromatic carbocycles. The molecule has 2 rings (SSSR count). The topological polar surface area (TPSA) is 45.5 Å². The first-order valence-electron chi connectivity index (χ1n) is 6.98. The van der Waals surface area contributed by atoms with Gasteiger partial charge in [0, 0.05) is 12.6 Å². The van der Waals surface area contributed by atoms with E-state index in [9.17, 15) is 4.79 Å². The lowest BCUT2D eigenvalue weighted by atomic mass is 10.2. The molecule has 0 saturated carbocycles. The Morgan fingerprint density at radius 2 is 2.05 bits per heavy atom. The minimum atomic E-state index is -0.155. The molecule has 22 heavy (non-hydrogen) atoms. The third-order valence-corrected chi connectivity index (χ3v) is 3.95. The molecule has 0 saturated heterocycles. The highest BCUT2D eigenvalue weighted by atomic mass is 35.5. The van der Waals surface area contributed by atoms with Gasteiger partial charge in [0.25, 0.3) is 0 Å². The molecule has 0 aliphatic rings. The maximum Gasteiger partial charge on any atom is 0.318 e. The molecule has 2 amide bonds. The molecule has 0 unspecified atom stereocenters. The fourth-order valence-electron chi connectivity index (χ4n) is 2.00. The smallest absolute Gasteiger partial charge is 0.318 e. The summed E-state index contributed by atoms with van der Waals surface area (Å²) in [7, 11) is 0. The Kier molecular flexibility index (Phi) is 5.75. The number of nitrogens with one attached hydrogen (secondary N) is 1. The van der Waals surface area contributed by atoms with Crippen LogP contribution < -0.4 is 5.32 Å². The first-order valence-corrected chi connectivity index (χ1v) is 7.73. The van der Waals surface area contributed by atoms with Crippen molar-refractivity contribution in [3.63, 3.8) is 0 Å². The number of benzene rings is 1. The number of nitrogens with zero attached hydrogens (tertiary/aromatic N) is 1. The van der Waals surface area contributed by atoms with Crippen LogP contribution in [0.2, 0.25) is 10.0 Å². The summed E-state index contributed by atoms with van der Waals surface area (Å²) in [4.78, 5) is 14.1. The lowest BCUT2D eigenvalue weighted by molar-refractivity contribution is 0.178. The number of hydrogen-bond acceptors (Lipinski definition) is 2. The minimum Gasteiger partial charge on any atom is -0.467 e. The number of carbonyl (C=O) groups is 1. The van der Waals surface area contributed by atoms with Gasteiger partial charge in [-0.2, -0.15) is 0 Å². The summed E-state index contributed by atoms with van der Waals surface area (Å²) >= 11 is 11.9. The average Bonchev–Trinajstić information content (AvgIpc) is 2.99. The first kappa shape index (κ1) is 16.7. The molecular weight excluding hydrogens is 323 g/mol. The predicted molar refractivity (Wildman–Crippen MR) is 88.1 cm³/mol. The molecule has 0 aliphatic heterocycles. The molecule has 0 bridgehead atoms. The van der Waals surface area contributed by atoms with E-state index in [0.29, 0.717) is 28.9 Å². The van der Waals surface area contributed by atoms with Crippen molar-refractivity contribution in [2.45, 2.75) is 33.0 Å². The molecule has 0 radical (unpaired) electrons. The lowest BCUT2D eigenvalue weighted by Crippen LogP contribution is -2.43. The van der Waals surface area contributed by atoms with Gasteiger partial charge in [0.1, 0.15) is 5.76 Å². The molecule has 0 atom stereocenters.